The highest BCUT2D eigenvalue weighted by atomic mass is 35.5. The second kappa shape index (κ2) is 4.78. The smallest absolute Gasteiger partial charge is 0.417 e. The van der Waals surface area contributed by atoms with Crippen LogP contribution in [-0.4, -0.2) is 21.0 Å². The second-order valence-electron chi connectivity index (χ2n) is 3.78. The van der Waals surface area contributed by atoms with E-state index < -0.39 is 17.7 Å². The van der Waals surface area contributed by atoms with Crippen molar-refractivity contribution < 1.29 is 27.5 Å². The topological polar surface area (TPSA) is 76.2 Å². The van der Waals surface area contributed by atoms with Crippen LogP contribution in [0.25, 0.3) is 11.6 Å². The number of carboxylic acids is 1. The molecule has 2 rings (SSSR count). The van der Waals surface area contributed by atoms with Gasteiger partial charge in [0.1, 0.15) is 11.5 Å². The Balaban J connectivity index is 2.49. The van der Waals surface area contributed by atoms with Crippen molar-refractivity contribution in [1.29, 1.82) is 0 Å². The first kappa shape index (κ1) is 14.3. The number of alkyl halides is 3. The standard InChI is InChI=1S/C11H6ClF3N2O3/c1-4-7(10(18)19)17-9(20-4)8-6(12)2-5(3-16-8)11(13,14)15/h2-3H,1H3,(H,18,19). The van der Waals surface area contributed by atoms with E-state index in [4.69, 9.17) is 21.1 Å². The average Bonchev–Trinajstić information content (AvgIpc) is 2.69. The zero-order chi connectivity index (χ0) is 15.1. The van der Waals surface area contributed by atoms with Crippen molar-refractivity contribution in [2.75, 3.05) is 0 Å². The number of aryl methyl sites for hydroxylation is 1. The molecule has 0 fully saturated rings. The third kappa shape index (κ3) is 2.60. The molecule has 0 atom stereocenters. The fraction of sp³-hybridized carbons (Fsp3) is 0.182. The maximum atomic E-state index is 12.5. The van der Waals surface area contributed by atoms with Gasteiger partial charge in [0.15, 0.2) is 5.69 Å². The summed E-state index contributed by atoms with van der Waals surface area (Å²) in [5.41, 5.74) is -1.53. The van der Waals surface area contributed by atoms with Crippen LogP contribution in [0.2, 0.25) is 5.02 Å². The summed E-state index contributed by atoms with van der Waals surface area (Å²) in [6.07, 6.45) is -4.00. The first-order valence-electron chi connectivity index (χ1n) is 5.14. The number of hydrogen-bond donors (Lipinski definition) is 1. The van der Waals surface area contributed by atoms with Crippen LogP contribution in [0.1, 0.15) is 21.8 Å². The van der Waals surface area contributed by atoms with Crippen molar-refractivity contribution >= 4 is 17.6 Å². The molecule has 0 aromatic carbocycles. The largest absolute Gasteiger partial charge is 0.476 e. The Kier molecular flexibility index (Phi) is 3.43. The maximum absolute atomic E-state index is 12.5. The molecule has 0 spiro atoms. The first-order chi connectivity index (χ1) is 9.20. The van der Waals surface area contributed by atoms with Gasteiger partial charge in [-0.1, -0.05) is 11.6 Å². The van der Waals surface area contributed by atoms with E-state index in [2.05, 4.69) is 9.97 Å². The van der Waals surface area contributed by atoms with Gasteiger partial charge >= 0.3 is 12.1 Å². The highest BCUT2D eigenvalue weighted by Crippen LogP contribution is 2.34. The first-order valence-corrected chi connectivity index (χ1v) is 5.51. The maximum Gasteiger partial charge on any atom is 0.417 e. The van der Waals surface area contributed by atoms with Gasteiger partial charge in [-0.3, -0.25) is 0 Å². The highest BCUT2D eigenvalue weighted by Gasteiger charge is 2.32. The van der Waals surface area contributed by atoms with Crippen LogP contribution in [0.3, 0.4) is 0 Å². The molecule has 5 nitrogen and oxygen atoms in total. The van der Waals surface area contributed by atoms with Gasteiger partial charge in [-0.25, -0.2) is 14.8 Å². The van der Waals surface area contributed by atoms with Gasteiger partial charge in [0.05, 0.1) is 10.6 Å². The van der Waals surface area contributed by atoms with Crippen LogP contribution < -0.4 is 0 Å². The van der Waals surface area contributed by atoms with Crippen molar-refractivity contribution in [3.63, 3.8) is 0 Å². The molecule has 0 aliphatic rings. The van der Waals surface area contributed by atoms with E-state index in [1.807, 2.05) is 0 Å². The Bertz CT molecular complexity index is 682. The molecular formula is C11H6ClF3N2O3. The molecule has 2 aromatic heterocycles. The van der Waals surface area contributed by atoms with E-state index in [1.165, 1.54) is 6.92 Å². The van der Waals surface area contributed by atoms with Crippen LogP contribution in [0.4, 0.5) is 13.2 Å². The SMILES string of the molecule is Cc1oc(-c2ncc(C(F)(F)F)cc2Cl)nc1C(=O)O. The Morgan fingerprint density at radius 1 is 1.45 bits per heavy atom. The summed E-state index contributed by atoms with van der Waals surface area (Å²) in [4.78, 5) is 18.0. The van der Waals surface area contributed by atoms with Crippen molar-refractivity contribution in [3.8, 4) is 11.6 Å². The van der Waals surface area contributed by atoms with Gasteiger partial charge < -0.3 is 9.52 Å². The van der Waals surface area contributed by atoms with E-state index in [9.17, 15) is 18.0 Å². The summed E-state index contributed by atoms with van der Waals surface area (Å²) in [6, 6.07) is 0.670. The predicted molar refractivity (Wildman–Crippen MR) is 61.4 cm³/mol. The van der Waals surface area contributed by atoms with Crippen molar-refractivity contribution in [3.05, 3.63) is 34.3 Å². The number of halogens is 4. The number of carboxylic acid groups (broad SMARTS) is 1. The van der Waals surface area contributed by atoms with Gasteiger partial charge in [-0.15, -0.1) is 0 Å². The number of hydrogen-bond acceptors (Lipinski definition) is 4. The third-order valence-electron chi connectivity index (χ3n) is 2.37. The lowest BCUT2D eigenvalue weighted by Gasteiger charge is -2.07. The summed E-state index contributed by atoms with van der Waals surface area (Å²) in [5, 5.41) is 8.49. The minimum atomic E-state index is -4.58. The summed E-state index contributed by atoms with van der Waals surface area (Å²) in [7, 11) is 0. The lowest BCUT2D eigenvalue weighted by molar-refractivity contribution is -0.137. The fourth-order valence-electron chi connectivity index (χ4n) is 1.45. The summed E-state index contributed by atoms with van der Waals surface area (Å²) >= 11 is 5.70. The number of nitrogens with zero attached hydrogens (tertiary/aromatic N) is 2. The quantitative estimate of drug-likeness (QED) is 0.920. The van der Waals surface area contributed by atoms with Gasteiger partial charge in [0.25, 0.3) is 0 Å². The zero-order valence-electron chi connectivity index (χ0n) is 9.82. The normalized spacial score (nSPS) is 11.7. The predicted octanol–water partition coefficient (Wildman–Crippen LogP) is 3.42. The van der Waals surface area contributed by atoms with Gasteiger partial charge in [-0.05, 0) is 13.0 Å². The molecule has 0 saturated heterocycles. The van der Waals surface area contributed by atoms with E-state index in [1.54, 1.807) is 0 Å². The molecule has 106 valence electrons. The number of carbonyl (C=O) groups is 1. The van der Waals surface area contributed by atoms with Crippen molar-refractivity contribution in [1.82, 2.24) is 9.97 Å². The fourth-order valence-corrected chi connectivity index (χ4v) is 1.69. The average molecular weight is 307 g/mol. The Hall–Kier alpha value is -2.09. The van der Waals surface area contributed by atoms with Gasteiger partial charge in [0, 0.05) is 6.20 Å². The number of pyridine rings is 1. The van der Waals surface area contributed by atoms with Crippen molar-refractivity contribution in [2.24, 2.45) is 0 Å². The van der Waals surface area contributed by atoms with Crippen LogP contribution >= 0.6 is 11.6 Å². The molecule has 0 saturated carbocycles. The monoisotopic (exact) mass is 306 g/mol. The molecule has 9 heteroatoms. The van der Waals surface area contributed by atoms with Crippen LogP contribution in [-0.2, 0) is 6.18 Å². The summed E-state index contributed by atoms with van der Waals surface area (Å²) in [5.74, 6) is -1.57. The molecule has 2 heterocycles. The molecule has 0 aliphatic heterocycles. The summed E-state index contributed by atoms with van der Waals surface area (Å²) in [6.45, 7) is 1.36. The Labute approximate surface area is 115 Å². The molecule has 20 heavy (non-hydrogen) atoms. The number of rotatable bonds is 2. The van der Waals surface area contributed by atoms with Crippen LogP contribution in [0.15, 0.2) is 16.7 Å². The van der Waals surface area contributed by atoms with Crippen molar-refractivity contribution in [2.45, 2.75) is 13.1 Å². The van der Waals surface area contributed by atoms with Gasteiger partial charge in [0.2, 0.25) is 5.89 Å². The molecule has 2 aromatic rings. The Morgan fingerprint density at radius 2 is 2.10 bits per heavy atom. The highest BCUT2D eigenvalue weighted by molar-refractivity contribution is 6.32. The second-order valence-corrected chi connectivity index (χ2v) is 4.19. The van der Waals surface area contributed by atoms with Gasteiger partial charge in [-0.2, -0.15) is 13.2 Å². The molecule has 0 unspecified atom stereocenters. The molecular weight excluding hydrogens is 301 g/mol. The third-order valence-corrected chi connectivity index (χ3v) is 2.66. The number of oxazole rings is 1. The molecule has 0 bridgehead atoms. The molecule has 0 amide bonds. The number of aromatic nitrogens is 2. The number of aromatic carboxylic acids is 1. The van der Waals surface area contributed by atoms with E-state index >= 15 is 0 Å². The van der Waals surface area contributed by atoms with E-state index in [-0.39, 0.29) is 28.1 Å². The van der Waals surface area contributed by atoms with E-state index in [0.717, 1.165) is 0 Å². The molecule has 0 radical (unpaired) electrons. The molecule has 1 N–H and O–H groups in total. The minimum Gasteiger partial charge on any atom is -0.476 e. The Morgan fingerprint density at radius 3 is 2.55 bits per heavy atom. The zero-order valence-corrected chi connectivity index (χ0v) is 10.6. The van der Waals surface area contributed by atoms with E-state index in [0.29, 0.717) is 12.3 Å². The van der Waals surface area contributed by atoms with Crippen LogP contribution in [0, 0.1) is 6.92 Å². The lowest BCUT2D eigenvalue weighted by Crippen LogP contribution is -2.06. The molecule has 0 aliphatic carbocycles. The minimum absolute atomic E-state index is 0.00487. The van der Waals surface area contributed by atoms with Crippen LogP contribution in [0.5, 0.6) is 0 Å². The lowest BCUT2D eigenvalue weighted by atomic mass is 10.2. The summed E-state index contributed by atoms with van der Waals surface area (Å²) < 4.78 is 42.4.